The number of hydrogen-bond donors (Lipinski definition) is 4. The molecule has 306 valence electrons. The first kappa shape index (κ1) is 48.4. The fourth-order valence-electron chi connectivity index (χ4n) is 5.89. The van der Waals surface area contributed by atoms with Gasteiger partial charge in [0.15, 0.2) is 18.5 Å². The van der Waals surface area contributed by atoms with Gasteiger partial charge in [-0.15, -0.1) is 0 Å². The summed E-state index contributed by atoms with van der Waals surface area (Å²) >= 11 is 0. The van der Waals surface area contributed by atoms with Gasteiger partial charge >= 0.3 is 17.9 Å². The van der Waals surface area contributed by atoms with Crippen LogP contribution in [0.4, 0.5) is 0 Å². The van der Waals surface area contributed by atoms with Crippen LogP contribution in [-0.2, 0) is 33.3 Å². The van der Waals surface area contributed by atoms with E-state index in [0.29, 0.717) is 12.8 Å². The standard InChI is InChI=1S/C42H72O11/c1-3-5-7-9-11-13-15-17-19-20-22-24-26-28-30-35(43)50-32-34(33-51-42-39(47)37(45)38(46)40(53-42)41(48)49)52-36(44)31-29-27-25-23-21-18-16-14-12-10-8-6-4-2/h9,11,14-17,34,37-40,42,45-47H,3-8,10,12-13,18-33H2,1-2H3,(H,48,49)/b11-9-,16-14-,17-15-. The number of esters is 2. The van der Waals surface area contributed by atoms with Crippen molar-refractivity contribution < 1.29 is 53.8 Å². The predicted octanol–water partition coefficient (Wildman–Crippen LogP) is 8.03. The Hall–Kier alpha value is -2.57. The molecule has 11 nitrogen and oxygen atoms in total. The number of ether oxygens (including phenoxy) is 4. The van der Waals surface area contributed by atoms with E-state index < -0.39 is 61.3 Å². The van der Waals surface area contributed by atoms with Crippen LogP contribution < -0.4 is 0 Å². The molecular weight excluding hydrogens is 680 g/mol. The fraction of sp³-hybridized carbons (Fsp3) is 0.786. The summed E-state index contributed by atoms with van der Waals surface area (Å²) in [4.78, 5) is 36.7. The Morgan fingerprint density at radius 1 is 0.585 bits per heavy atom. The molecule has 0 aliphatic carbocycles. The average Bonchev–Trinajstić information content (AvgIpc) is 3.14. The summed E-state index contributed by atoms with van der Waals surface area (Å²) in [5, 5.41) is 39.7. The normalized spacial score (nSPS) is 21.1. The summed E-state index contributed by atoms with van der Waals surface area (Å²) in [6.07, 6.45) is 26.3. The minimum Gasteiger partial charge on any atom is -0.479 e. The van der Waals surface area contributed by atoms with Crippen LogP contribution in [0.1, 0.15) is 162 Å². The third-order valence-corrected chi connectivity index (χ3v) is 9.21. The Labute approximate surface area is 319 Å². The zero-order valence-corrected chi connectivity index (χ0v) is 32.8. The van der Waals surface area contributed by atoms with Gasteiger partial charge in [-0.05, 0) is 64.2 Å². The van der Waals surface area contributed by atoms with Gasteiger partial charge in [-0.1, -0.05) is 121 Å². The molecule has 0 aromatic rings. The molecule has 0 saturated carbocycles. The molecule has 0 spiro atoms. The van der Waals surface area contributed by atoms with E-state index in [1.807, 2.05) is 0 Å². The molecule has 1 saturated heterocycles. The molecule has 4 N–H and O–H groups in total. The number of aliphatic hydroxyl groups excluding tert-OH is 3. The van der Waals surface area contributed by atoms with Gasteiger partial charge in [0, 0.05) is 12.8 Å². The molecule has 11 heteroatoms. The number of unbranched alkanes of at least 4 members (excludes halogenated alkanes) is 16. The van der Waals surface area contributed by atoms with Crippen molar-refractivity contribution in [2.24, 2.45) is 0 Å². The first-order valence-corrected chi connectivity index (χ1v) is 20.5. The van der Waals surface area contributed by atoms with E-state index in [-0.39, 0.29) is 19.4 Å². The van der Waals surface area contributed by atoms with Crippen LogP contribution in [-0.4, -0.2) is 88.4 Å². The molecule has 0 aromatic carbocycles. The number of carbonyl (C=O) groups excluding carboxylic acids is 2. The lowest BCUT2D eigenvalue weighted by Gasteiger charge is -2.38. The molecule has 0 radical (unpaired) electrons. The first-order valence-electron chi connectivity index (χ1n) is 20.5. The van der Waals surface area contributed by atoms with Crippen LogP contribution in [0, 0.1) is 0 Å². The number of carbonyl (C=O) groups is 3. The maximum Gasteiger partial charge on any atom is 0.335 e. The summed E-state index contributed by atoms with van der Waals surface area (Å²) in [5.74, 6) is -2.48. The van der Waals surface area contributed by atoms with Crippen LogP contribution in [0.2, 0.25) is 0 Å². The zero-order chi connectivity index (χ0) is 38.9. The molecule has 1 fully saturated rings. The highest BCUT2D eigenvalue weighted by Crippen LogP contribution is 2.23. The SMILES string of the molecule is CCCC/C=C\C/C=C\CCCCCCCC(=O)OCC(COC1OC(C(=O)O)C(O)C(O)C1O)OC(=O)CCCCCCC/C=C\CCCCCC. The highest BCUT2D eigenvalue weighted by molar-refractivity contribution is 5.73. The van der Waals surface area contributed by atoms with Crippen molar-refractivity contribution in [3.63, 3.8) is 0 Å². The van der Waals surface area contributed by atoms with E-state index in [9.17, 15) is 34.8 Å². The van der Waals surface area contributed by atoms with Crippen molar-refractivity contribution in [1.29, 1.82) is 0 Å². The molecule has 0 amide bonds. The molecule has 6 atom stereocenters. The molecule has 1 aliphatic heterocycles. The Kier molecular flexibility index (Phi) is 30.0. The second-order valence-electron chi connectivity index (χ2n) is 14.1. The zero-order valence-electron chi connectivity index (χ0n) is 32.8. The summed E-state index contributed by atoms with van der Waals surface area (Å²) < 4.78 is 21.6. The maximum absolute atomic E-state index is 12.7. The maximum atomic E-state index is 12.7. The highest BCUT2D eigenvalue weighted by atomic mass is 16.7. The number of allylic oxidation sites excluding steroid dienone is 6. The lowest BCUT2D eigenvalue weighted by molar-refractivity contribution is -0.298. The third kappa shape index (κ3) is 25.2. The monoisotopic (exact) mass is 753 g/mol. The van der Waals surface area contributed by atoms with Gasteiger partial charge in [0.2, 0.25) is 0 Å². The van der Waals surface area contributed by atoms with Crippen LogP contribution in [0.15, 0.2) is 36.5 Å². The van der Waals surface area contributed by atoms with E-state index in [1.165, 1.54) is 38.5 Å². The van der Waals surface area contributed by atoms with Gasteiger partial charge in [-0.3, -0.25) is 9.59 Å². The lowest BCUT2D eigenvalue weighted by Crippen LogP contribution is -2.60. The topological polar surface area (TPSA) is 169 Å². The smallest absolute Gasteiger partial charge is 0.335 e. The highest BCUT2D eigenvalue weighted by Gasteiger charge is 2.47. The second kappa shape index (κ2) is 32.8. The Balaban J connectivity index is 2.44. The van der Waals surface area contributed by atoms with Crippen LogP contribution in [0.3, 0.4) is 0 Å². The molecule has 0 bridgehead atoms. The average molecular weight is 753 g/mol. The van der Waals surface area contributed by atoms with E-state index >= 15 is 0 Å². The molecule has 1 aliphatic rings. The molecule has 6 unspecified atom stereocenters. The number of carboxylic acids is 1. The van der Waals surface area contributed by atoms with Crippen molar-refractivity contribution in [3.05, 3.63) is 36.5 Å². The van der Waals surface area contributed by atoms with E-state index in [0.717, 1.165) is 83.5 Å². The molecule has 1 heterocycles. The number of aliphatic hydroxyl groups is 3. The number of aliphatic carboxylic acids is 1. The minimum absolute atomic E-state index is 0.169. The molecule has 53 heavy (non-hydrogen) atoms. The number of rotatable bonds is 33. The summed E-state index contributed by atoms with van der Waals surface area (Å²) in [5.41, 5.74) is 0. The van der Waals surface area contributed by atoms with Gasteiger partial charge in [0.05, 0.1) is 6.61 Å². The molecule has 0 aromatic heterocycles. The van der Waals surface area contributed by atoms with Gasteiger partial charge < -0.3 is 39.4 Å². The van der Waals surface area contributed by atoms with Crippen LogP contribution in [0.5, 0.6) is 0 Å². The summed E-state index contributed by atoms with van der Waals surface area (Å²) in [6, 6.07) is 0. The van der Waals surface area contributed by atoms with Crippen molar-refractivity contribution in [2.45, 2.75) is 198 Å². The fourth-order valence-corrected chi connectivity index (χ4v) is 5.89. The third-order valence-electron chi connectivity index (χ3n) is 9.21. The number of carboxylic acid groups (broad SMARTS) is 1. The molecule has 1 rings (SSSR count). The Bertz CT molecular complexity index is 1030. The van der Waals surface area contributed by atoms with E-state index in [4.69, 9.17) is 18.9 Å². The van der Waals surface area contributed by atoms with Crippen LogP contribution >= 0.6 is 0 Å². The molecular formula is C42H72O11. The predicted molar refractivity (Wildman–Crippen MR) is 206 cm³/mol. The summed E-state index contributed by atoms with van der Waals surface area (Å²) in [6.45, 7) is 3.71. The van der Waals surface area contributed by atoms with Gasteiger partial charge in [0.1, 0.15) is 24.9 Å². The Morgan fingerprint density at radius 2 is 1.08 bits per heavy atom. The minimum atomic E-state index is -1.86. The van der Waals surface area contributed by atoms with E-state index in [2.05, 4.69) is 50.3 Å². The summed E-state index contributed by atoms with van der Waals surface area (Å²) in [7, 11) is 0. The van der Waals surface area contributed by atoms with Crippen molar-refractivity contribution in [2.75, 3.05) is 13.2 Å². The lowest BCUT2D eigenvalue weighted by atomic mass is 9.99. The van der Waals surface area contributed by atoms with Crippen molar-refractivity contribution in [3.8, 4) is 0 Å². The first-order chi connectivity index (χ1) is 25.7. The quantitative estimate of drug-likeness (QED) is 0.0291. The van der Waals surface area contributed by atoms with Crippen LogP contribution in [0.25, 0.3) is 0 Å². The Morgan fingerprint density at radius 3 is 1.64 bits per heavy atom. The number of hydrogen-bond acceptors (Lipinski definition) is 10. The van der Waals surface area contributed by atoms with Crippen molar-refractivity contribution in [1.82, 2.24) is 0 Å². The van der Waals surface area contributed by atoms with Gasteiger partial charge in [0.25, 0.3) is 0 Å². The van der Waals surface area contributed by atoms with Gasteiger partial charge in [-0.2, -0.15) is 0 Å². The van der Waals surface area contributed by atoms with E-state index in [1.54, 1.807) is 0 Å². The van der Waals surface area contributed by atoms with Gasteiger partial charge in [-0.25, -0.2) is 4.79 Å². The largest absolute Gasteiger partial charge is 0.479 e. The van der Waals surface area contributed by atoms with Crippen molar-refractivity contribution >= 4 is 17.9 Å². The second-order valence-corrected chi connectivity index (χ2v) is 14.1.